The lowest BCUT2D eigenvalue weighted by Crippen LogP contribution is -2.49. The van der Waals surface area contributed by atoms with Crippen LogP contribution in [0.4, 0.5) is 0 Å². The Labute approximate surface area is 142 Å². The maximum absolute atomic E-state index is 12.0. The monoisotopic (exact) mass is 338 g/mol. The van der Waals surface area contributed by atoms with Gasteiger partial charge in [-0.3, -0.25) is 4.79 Å². The van der Waals surface area contributed by atoms with Gasteiger partial charge in [-0.1, -0.05) is 36.9 Å². The van der Waals surface area contributed by atoms with Crippen LogP contribution >= 0.6 is 11.8 Å². The van der Waals surface area contributed by atoms with Gasteiger partial charge in [0.05, 0.1) is 16.0 Å². The van der Waals surface area contributed by atoms with Gasteiger partial charge in [0.15, 0.2) is 5.12 Å². The molecule has 6 heteroatoms. The zero-order valence-corrected chi connectivity index (χ0v) is 15.2. The molecule has 0 saturated heterocycles. The maximum Gasteiger partial charge on any atom is 0.356 e. The van der Waals surface area contributed by atoms with E-state index in [2.05, 4.69) is 5.48 Å². The fraction of sp³-hybridized carbons (Fsp3) is 0.529. The Morgan fingerprint density at radius 3 is 2.35 bits per heavy atom. The molecule has 2 unspecified atom stereocenters. The predicted octanol–water partition coefficient (Wildman–Crippen LogP) is 3.11. The van der Waals surface area contributed by atoms with Gasteiger partial charge in [0, 0.05) is 6.92 Å². The molecule has 0 spiro atoms. The van der Waals surface area contributed by atoms with Crippen LogP contribution in [0.2, 0.25) is 0 Å². The molecule has 0 aromatic heterocycles. The van der Waals surface area contributed by atoms with Crippen molar-refractivity contribution in [2.45, 2.75) is 51.4 Å². The molecule has 2 atom stereocenters. The Morgan fingerprint density at radius 2 is 1.83 bits per heavy atom. The van der Waals surface area contributed by atoms with E-state index in [4.69, 9.17) is 10.6 Å². The van der Waals surface area contributed by atoms with E-state index in [1.54, 1.807) is 24.3 Å². The Hall–Kier alpha value is -1.37. The molecule has 0 heterocycles. The van der Waals surface area contributed by atoms with Crippen LogP contribution in [0.3, 0.4) is 0 Å². The largest absolute Gasteiger partial charge is 0.366 e. The van der Waals surface area contributed by atoms with Crippen molar-refractivity contribution in [3.63, 3.8) is 0 Å². The summed E-state index contributed by atoms with van der Waals surface area (Å²) in [5.74, 6) is -0.354. The van der Waals surface area contributed by atoms with E-state index in [-0.39, 0.29) is 11.0 Å². The summed E-state index contributed by atoms with van der Waals surface area (Å²) in [7, 11) is 0. The number of thioether (sulfide) groups is 1. The second-order valence-electron chi connectivity index (χ2n) is 6.59. The van der Waals surface area contributed by atoms with E-state index in [1.807, 2.05) is 33.8 Å². The van der Waals surface area contributed by atoms with Gasteiger partial charge in [-0.05, 0) is 45.2 Å². The van der Waals surface area contributed by atoms with E-state index >= 15 is 0 Å². The molecule has 0 aliphatic heterocycles. The zero-order chi connectivity index (χ0) is 17.7. The molecule has 128 valence electrons. The highest BCUT2D eigenvalue weighted by Gasteiger charge is 2.34. The molecule has 0 radical (unpaired) electrons. The van der Waals surface area contributed by atoms with Gasteiger partial charge in [-0.25, -0.2) is 4.79 Å². The van der Waals surface area contributed by atoms with Gasteiger partial charge < -0.3 is 10.6 Å². The number of hydrogen-bond donors (Lipinski definition) is 2. The lowest BCUT2D eigenvalue weighted by Gasteiger charge is -2.36. The highest BCUT2D eigenvalue weighted by molar-refractivity contribution is 8.14. The van der Waals surface area contributed by atoms with Gasteiger partial charge >= 0.3 is 5.97 Å². The number of nitrogens with one attached hydrogen (secondary N) is 1. The minimum Gasteiger partial charge on any atom is -0.366 e. The summed E-state index contributed by atoms with van der Waals surface area (Å²) in [6, 6.07) is 8.79. The summed E-state index contributed by atoms with van der Waals surface area (Å²) in [5.41, 5.74) is 9.00. The Balaban J connectivity index is 2.60. The molecule has 23 heavy (non-hydrogen) atoms. The molecule has 1 aromatic rings. The smallest absolute Gasteiger partial charge is 0.356 e. The first kappa shape index (κ1) is 19.7. The van der Waals surface area contributed by atoms with Gasteiger partial charge in [0.25, 0.3) is 0 Å². The van der Waals surface area contributed by atoms with E-state index < -0.39 is 16.4 Å². The summed E-state index contributed by atoms with van der Waals surface area (Å²) in [5, 5.41) is -0.0107. The van der Waals surface area contributed by atoms with Gasteiger partial charge in [-0.15, -0.1) is 5.48 Å². The first-order valence-corrected chi connectivity index (χ1v) is 8.37. The molecular weight excluding hydrogens is 312 g/mol. The molecule has 1 rings (SSSR count). The van der Waals surface area contributed by atoms with Crippen LogP contribution in [0.1, 0.15) is 51.4 Å². The first-order valence-electron chi connectivity index (χ1n) is 7.55. The average Bonchev–Trinajstić information content (AvgIpc) is 2.43. The number of hydroxylamine groups is 1. The standard InChI is InChI=1S/C17H26N2O3S/c1-12(11-17(5,18)23-13(2)20)16(3,4)19-22-15(21)14-9-7-6-8-10-14/h6-10,12,19H,11,18H2,1-5H3. The van der Waals surface area contributed by atoms with Crippen LogP contribution in [-0.4, -0.2) is 21.5 Å². The van der Waals surface area contributed by atoms with E-state index in [0.29, 0.717) is 12.0 Å². The molecule has 1 aromatic carbocycles. The van der Waals surface area contributed by atoms with Gasteiger partial charge in [-0.2, -0.15) is 0 Å². The van der Waals surface area contributed by atoms with Crippen LogP contribution in [0.15, 0.2) is 30.3 Å². The lowest BCUT2D eigenvalue weighted by molar-refractivity contribution is -0.109. The molecular formula is C17H26N2O3S. The maximum atomic E-state index is 12.0. The number of benzene rings is 1. The molecule has 0 bridgehead atoms. The van der Waals surface area contributed by atoms with E-state index in [1.165, 1.54) is 6.92 Å². The highest BCUT2D eigenvalue weighted by Crippen LogP contribution is 2.31. The number of nitrogens with two attached hydrogens (primary N) is 1. The summed E-state index contributed by atoms with van der Waals surface area (Å²) >= 11 is 1.13. The SMILES string of the molecule is CC(=O)SC(C)(N)CC(C)C(C)(C)NOC(=O)c1ccccc1. The van der Waals surface area contributed by atoms with Crippen LogP contribution in [0.5, 0.6) is 0 Å². The average molecular weight is 338 g/mol. The van der Waals surface area contributed by atoms with Crippen molar-refractivity contribution < 1.29 is 14.4 Å². The minimum atomic E-state index is -0.659. The molecule has 0 fully saturated rings. The van der Waals surface area contributed by atoms with Crippen molar-refractivity contribution in [1.82, 2.24) is 5.48 Å². The molecule has 0 aliphatic rings. The number of rotatable bonds is 7. The molecule has 0 saturated carbocycles. The van der Waals surface area contributed by atoms with E-state index in [0.717, 1.165) is 11.8 Å². The quantitative estimate of drug-likeness (QED) is 0.587. The third-order valence-electron chi connectivity index (χ3n) is 3.74. The zero-order valence-electron chi connectivity index (χ0n) is 14.4. The van der Waals surface area contributed by atoms with Gasteiger partial charge in [0.2, 0.25) is 0 Å². The Bertz CT molecular complexity index is 544. The number of carbonyl (C=O) groups excluding carboxylic acids is 2. The minimum absolute atomic E-state index is 0.0107. The van der Waals surface area contributed by atoms with Crippen LogP contribution in [0, 0.1) is 5.92 Å². The fourth-order valence-corrected chi connectivity index (χ4v) is 3.13. The van der Waals surface area contributed by atoms with Crippen molar-refractivity contribution in [1.29, 1.82) is 0 Å². The second-order valence-corrected chi connectivity index (χ2v) is 8.30. The van der Waals surface area contributed by atoms with Crippen molar-refractivity contribution in [3.05, 3.63) is 35.9 Å². The number of hydrogen-bond acceptors (Lipinski definition) is 6. The Morgan fingerprint density at radius 1 is 1.26 bits per heavy atom. The van der Waals surface area contributed by atoms with Crippen LogP contribution in [-0.2, 0) is 9.63 Å². The summed E-state index contributed by atoms with van der Waals surface area (Å²) < 4.78 is 0. The van der Waals surface area contributed by atoms with Crippen molar-refractivity contribution in [2.75, 3.05) is 0 Å². The topological polar surface area (TPSA) is 81.4 Å². The molecule has 0 amide bonds. The summed E-state index contributed by atoms with van der Waals surface area (Å²) in [6.45, 7) is 9.22. The van der Waals surface area contributed by atoms with Crippen molar-refractivity contribution in [3.8, 4) is 0 Å². The lowest BCUT2D eigenvalue weighted by atomic mass is 9.85. The molecule has 0 aliphatic carbocycles. The third kappa shape index (κ3) is 6.72. The summed E-state index contributed by atoms with van der Waals surface area (Å²) in [6.07, 6.45) is 0.597. The molecule has 3 N–H and O–H groups in total. The van der Waals surface area contributed by atoms with Gasteiger partial charge in [0.1, 0.15) is 0 Å². The summed E-state index contributed by atoms with van der Waals surface area (Å²) in [4.78, 5) is 27.8. The van der Waals surface area contributed by atoms with E-state index in [9.17, 15) is 9.59 Å². The molecule has 5 nitrogen and oxygen atoms in total. The Kier molecular flexibility index (Phi) is 6.80. The fourth-order valence-electron chi connectivity index (χ4n) is 2.14. The predicted molar refractivity (Wildman–Crippen MR) is 93.7 cm³/mol. The van der Waals surface area contributed by atoms with Crippen molar-refractivity contribution in [2.24, 2.45) is 11.7 Å². The second kappa shape index (κ2) is 7.95. The third-order valence-corrected chi connectivity index (χ3v) is 4.66. The highest BCUT2D eigenvalue weighted by atomic mass is 32.2. The number of carbonyl (C=O) groups is 2. The van der Waals surface area contributed by atoms with Crippen molar-refractivity contribution >= 4 is 22.8 Å². The normalized spacial score (nSPS) is 15.6. The van der Waals surface area contributed by atoms with Crippen LogP contribution < -0.4 is 11.2 Å². The first-order chi connectivity index (χ1) is 10.5. The van der Waals surface area contributed by atoms with Crippen LogP contribution in [0.25, 0.3) is 0 Å².